The summed E-state index contributed by atoms with van der Waals surface area (Å²) in [5, 5.41) is 10.8. The molecule has 0 spiro atoms. The molecule has 0 fully saturated rings. The van der Waals surface area contributed by atoms with Gasteiger partial charge in [-0.1, -0.05) is 62.1 Å². The fourth-order valence-electron chi connectivity index (χ4n) is 2.90. The van der Waals surface area contributed by atoms with Gasteiger partial charge in [-0.05, 0) is 33.9 Å². The molecule has 1 aromatic rings. The van der Waals surface area contributed by atoms with Gasteiger partial charge in [0.2, 0.25) is 0 Å². The maximum Gasteiger partial charge on any atom is 1.00 e. The number of phenolic OH excluding ortho intramolecular Hbond substituents is 1. The van der Waals surface area contributed by atoms with Gasteiger partial charge in [0.05, 0.1) is 0 Å². The first-order valence-electron chi connectivity index (χ1n) is 7.58. The molecule has 0 unspecified atom stereocenters. The van der Waals surface area contributed by atoms with E-state index < -0.39 is 13.8 Å². The fourth-order valence-corrected chi connectivity index (χ4v) is 3.60. The van der Waals surface area contributed by atoms with Crippen LogP contribution in [0.5, 0.6) is 5.75 Å². The standard InChI is InChI=1S/C17H29O4P.2Na/c1-8-12-11(10-22(19,20)21)9-13(16(2,3)4)15(18)14(12)17(5,6)7;;/h9,18H,8,10H2,1-7H3,(H2,19,20,21);;/q;2*+1/p-2. The molecule has 0 amide bonds. The van der Waals surface area contributed by atoms with Gasteiger partial charge in [-0.25, -0.2) is 0 Å². The molecule has 24 heavy (non-hydrogen) atoms. The maximum absolute atomic E-state index is 11.3. The second kappa shape index (κ2) is 9.39. The predicted molar refractivity (Wildman–Crippen MR) is 86.2 cm³/mol. The number of rotatable bonds is 3. The summed E-state index contributed by atoms with van der Waals surface area (Å²) >= 11 is 0. The van der Waals surface area contributed by atoms with Crippen LogP contribution in [0.4, 0.5) is 0 Å². The van der Waals surface area contributed by atoms with Crippen LogP contribution >= 0.6 is 7.60 Å². The van der Waals surface area contributed by atoms with Crippen LogP contribution in [0.3, 0.4) is 0 Å². The minimum atomic E-state index is -4.67. The van der Waals surface area contributed by atoms with Crippen molar-refractivity contribution in [1.29, 1.82) is 0 Å². The zero-order valence-electron chi connectivity index (χ0n) is 16.6. The van der Waals surface area contributed by atoms with E-state index in [4.69, 9.17) is 0 Å². The average molecular weight is 372 g/mol. The van der Waals surface area contributed by atoms with Gasteiger partial charge in [0.1, 0.15) is 5.75 Å². The van der Waals surface area contributed by atoms with Crippen molar-refractivity contribution in [3.8, 4) is 5.75 Å². The maximum atomic E-state index is 11.3. The van der Waals surface area contributed by atoms with Crippen molar-refractivity contribution < 1.29 is 78.6 Å². The molecule has 126 valence electrons. The number of benzene rings is 1. The van der Waals surface area contributed by atoms with E-state index in [1.807, 2.05) is 48.5 Å². The Labute approximate surface area is 190 Å². The summed E-state index contributed by atoms with van der Waals surface area (Å²) in [5.74, 6) is 0.215. The van der Waals surface area contributed by atoms with Crippen molar-refractivity contribution in [2.24, 2.45) is 0 Å². The van der Waals surface area contributed by atoms with Gasteiger partial charge < -0.3 is 19.5 Å². The quantitative estimate of drug-likeness (QED) is 0.452. The van der Waals surface area contributed by atoms with Crippen molar-refractivity contribution in [2.45, 2.75) is 71.9 Å². The van der Waals surface area contributed by atoms with Gasteiger partial charge in [0.25, 0.3) is 0 Å². The monoisotopic (exact) mass is 372 g/mol. The summed E-state index contributed by atoms with van der Waals surface area (Å²) in [6.45, 7) is 13.7. The molecule has 7 heteroatoms. The minimum absolute atomic E-state index is 0. The third kappa shape index (κ3) is 7.06. The van der Waals surface area contributed by atoms with E-state index in [2.05, 4.69) is 0 Å². The molecule has 1 aromatic carbocycles. The molecule has 1 rings (SSSR count). The molecule has 0 atom stereocenters. The topological polar surface area (TPSA) is 83.4 Å². The summed E-state index contributed by atoms with van der Waals surface area (Å²) in [7, 11) is -4.67. The Bertz CT molecular complexity index is 610. The Balaban J connectivity index is 0. The van der Waals surface area contributed by atoms with Crippen molar-refractivity contribution in [3.63, 3.8) is 0 Å². The van der Waals surface area contributed by atoms with Crippen LogP contribution < -0.4 is 68.9 Å². The molecule has 1 N–H and O–H groups in total. The Morgan fingerprint density at radius 1 is 1.04 bits per heavy atom. The smallest absolute Gasteiger partial charge is 0.810 e. The van der Waals surface area contributed by atoms with E-state index in [0.29, 0.717) is 17.5 Å². The molecule has 0 radical (unpaired) electrons. The molecule has 0 saturated carbocycles. The third-order valence-electron chi connectivity index (χ3n) is 3.78. The second-order valence-corrected chi connectivity index (χ2v) is 9.45. The number of phenols is 1. The summed E-state index contributed by atoms with van der Waals surface area (Å²) in [6.07, 6.45) is 0.0581. The molecule has 4 nitrogen and oxygen atoms in total. The minimum Gasteiger partial charge on any atom is -0.810 e. The van der Waals surface area contributed by atoms with Gasteiger partial charge in [-0.3, -0.25) is 0 Å². The normalized spacial score (nSPS) is 12.4. The third-order valence-corrected chi connectivity index (χ3v) is 4.50. The van der Waals surface area contributed by atoms with Gasteiger partial charge in [-0.15, -0.1) is 0 Å². The van der Waals surface area contributed by atoms with Gasteiger partial charge in [0.15, 0.2) is 0 Å². The number of hydrogen-bond acceptors (Lipinski definition) is 4. The Morgan fingerprint density at radius 3 is 1.79 bits per heavy atom. The van der Waals surface area contributed by atoms with Crippen molar-refractivity contribution >= 4 is 7.60 Å². The van der Waals surface area contributed by atoms with Crippen LogP contribution in [-0.4, -0.2) is 5.11 Å². The Kier molecular flexibility index (Phi) is 10.7. The van der Waals surface area contributed by atoms with E-state index in [1.165, 1.54) is 0 Å². The SMILES string of the molecule is CCc1c(CP(=O)([O-])[O-])cc(C(C)(C)C)c(O)c1C(C)(C)C.[Na+].[Na+]. The molecule has 0 aromatic heterocycles. The van der Waals surface area contributed by atoms with Gasteiger partial charge in [0, 0.05) is 11.7 Å². The van der Waals surface area contributed by atoms with Crippen LogP contribution in [0, 0.1) is 0 Å². The van der Waals surface area contributed by atoms with Gasteiger partial charge in [-0.2, -0.15) is 0 Å². The second-order valence-electron chi connectivity index (χ2n) is 7.91. The predicted octanol–water partition coefficient (Wildman–Crippen LogP) is -3.03. The largest absolute Gasteiger partial charge is 1.00 e. The molecular formula is C17H27Na2O4P. The fraction of sp³-hybridized carbons (Fsp3) is 0.647. The number of aromatic hydroxyl groups is 1. The average Bonchev–Trinajstić information content (AvgIpc) is 2.25. The first-order valence-corrected chi connectivity index (χ1v) is 9.31. The number of hydrogen-bond donors (Lipinski definition) is 1. The van der Waals surface area contributed by atoms with Gasteiger partial charge >= 0.3 is 59.1 Å². The van der Waals surface area contributed by atoms with Crippen molar-refractivity contribution in [3.05, 3.63) is 28.3 Å². The summed E-state index contributed by atoms with van der Waals surface area (Å²) in [5.41, 5.74) is 2.01. The van der Waals surface area contributed by atoms with E-state index in [9.17, 15) is 19.5 Å². The first-order chi connectivity index (χ1) is 9.68. The van der Waals surface area contributed by atoms with E-state index in [-0.39, 0.29) is 75.7 Å². The zero-order chi connectivity index (χ0) is 17.5. The van der Waals surface area contributed by atoms with Crippen LogP contribution in [0.1, 0.15) is 70.7 Å². The Hall–Kier alpha value is 1.17. The van der Waals surface area contributed by atoms with Crippen LogP contribution in [0.15, 0.2) is 6.07 Å². The van der Waals surface area contributed by atoms with Crippen molar-refractivity contribution in [1.82, 2.24) is 0 Å². The molecular weight excluding hydrogens is 345 g/mol. The van der Waals surface area contributed by atoms with Crippen LogP contribution in [0.25, 0.3) is 0 Å². The molecule has 0 bridgehead atoms. The van der Waals surface area contributed by atoms with E-state index in [0.717, 1.165) is 11.1 Å². The van der Waals surface area contributed by atoms with E-state index >= 15 is 0 Å². The van der Waals surface area contributed by atoms with E-state index in [1.54, 1.807) is 6.07 Å². The van der Waals surface area contributed by atoms with Crippen LogP contribution in [-0.2, 0) is 28.0 Å². The van der Waals surface area contributed by atoms with Crippen molar-refractivity contribution in [2.75, 3.05) is 0 Å². The summed E-state index contributed by atoms with van der Waals surface area (Å²) in [6, 6.07) is 1.69. The molecule has 0 aliphatic carbocycles. The van der Waals surface area contributed by atoms with Crippen LogP contribution in [0.2, 0.25) is 0 Å². The first kappa shape index (κ1) is 27.4. The summed E-state index contributed by atoms with van der Waals surface area (Å²) in [4.78, 5) is 22.6. The molecule has 0 heterocycles. The summed E-state index contributed by atoms with van der Waals surface area (Å²) < 4.78 is 11.3. The molecule has 0 aliphatic heterocycles. The molecule has 0 aliphatic rings. The zero-order valence-corrected chi connectivity index (χ0v) is 21.5. The molecule has 0 saturated heterocycles. The Morgan fingerprint density at radius 2 is 1.50 bits per heavy atom.